The van der Waals surface area contributed by atoms with Crippen molar-refractivity contribution in [2.75, 3.05) is 13.7 Å². The first-order valence-electron chi connectivity index (χ1n) is 7.35. The number of carbonyl (C=O) groups is 1. The summed E-state index contributed by atoms with van der Waals surface area (Å²) in [5.74, 6) is -0.423. The maximum atomic E-state index is 11.1. The smallest absolute Gasteiger partial charge is 0.346 e. The second-order valence-electron chi connectivity index (χ2n) is 5.18. The third-order valence-electron chi connectivity index (χ3n) is 4.12. The molecule has 0 atom stereocenters. The molecule has 0 aromatic heterocycles. The number of rotatable bonds is 8. The summed E-state index contributed by atoms with van der Waals surface area (Å²) in [6.45, 7) is 6.13. The number of oxime groups is 1. The lowest BCUT2D eigenvalue weighted by Crippen LogP contribution is -2.31. The molecule has 0 radical (unpaired) electrons. The fourth-order valence-electron chi connectivity index (χ4n) is 2.46. The van der Waals surface area contributed by atoms with E-state index in [0.29, 0.717) is 0 Å². The van der Waals surface area contributed by atoms with Gasteiger partial charge in [0, 0.05) is 5.41 Å². The maximum absolute atomic E-state index is 11.1. The highest BCUT2D eigenvalue weighted by molar-refractivity contribution is 5.87. The van der Waals surface area contributed by atoms with Crippen LogP contribution in [0.2, 0.25) is 0 Å². The molecule has 0 unspecified atom stereocenters. The first-order chi connectivity index (χ1) is 10.1. The average Bonchev–Trinajstić information content (AvgIpc) is 2.53. The van der Waals surface area contributed by atoms with Gasteiger partial charge >= 0.3 is 5.97 Å². The van der Waals surface area contributed by atoms with Crippen LogP contribution in [0, 0.1) is 5.41 Å². The lowest BCUT2D eigenvalue weighted by Gasteiger charge is -2.31. The quantitative estimate of drug-likeness (QED) is 0.418. The van der Waals surface area contributed by atoms with Crippen molar-refractivity contribution in [1.29, 1.82) is 0 Å². The van der Waals surface area contributed by atoms with Crippen molar-refractivity contribution in [2.45, 2.75) is 40.0 Å². The van der Waals surface area contributed by atoms with Crippen LogP contribution in [0.15, 0.2) is 35.5 Å². The molecule has 1 aromatic rings. The van der Waals surface area contributed by atoms with Gasteiger partial charge in [-0.25, -0.2) is 4.79 Å². The third-order valence-corrected chi connectivity index (χ3v) is 4.12. The van der Waals surface area contributed by atoms with E-state index < -0.39 is 5.97 Å². The molecule has 0 aliphatic carbocycles. The molecule has 0 saturated heterocycles. The molecule has 0 amide bonds. The van der Waals surface area contributed by atoms with Crippen molar-refractivity contribution in [3.05, 3.63) is 35.9 Å². The molecule has 0 aliphatic heterocycles. The molecule has 0 heterocycles. The summed E-state index contributed by atoms with van der Waals surface area (Å²) in [5.41, 5.74) is 2.15. The van der Waals surface area contributed by atoms with E-state index in [4.69, 9.17) is 4.84 Å². The van der Waals surface area contributed by atoms with Crippen LogP contribution >= 0.6 is 0 Å². The van der Waals surface area contributed by atoms with Crippen LogP contribution in [-0.2, 0) is 20.8 Å². The van der Waals surface area contributed by atoms with E-state index in [9.17, 15) is 4.79 Å². The summed E-state index contributed by atoms with van der Waals surface area (Å²) in [6.07, 6.45) is 2.85. The summed E-state index contributed by atoms with van der Waals surface area (Å²) in [5, 5.41) is 4.14. The van der Waals surface area contributed by atoms with Gasteiger partial charge in [0.2, 0.25) is 6.61 Å². The number of esters is 1. The van der Waals surface area contributed by atoms with Gasteiger partial charge in [-0.2, -0.15) is 0 Å². The molecule has 0 saturated carbocycles. The molecule has 4 nitrogen and oxygen atoms in total. The minimum absolute atomic E-state index is 0.0442. The Balaban J connectivity index is 2.83. The first-order valence-corrected chi connectivity index (χ1v) is 7.35. The molecule has 0 spiro atoms. The Hall–Kier alpha value is -1.84. The number of carbonyl (C=O) groups excluding carboxylic acids is 1. The van der Waals surface area contributed by atoms with E-state index in [0.717, 1.165) is 25.0 Å². The van der Waals surface area contributed by atoms with Crippen LogP contribution in [0.1, 0.15) is 39.2 Å². The zero-order chi connectivity index (χ0) is 15.7. The highest BCUT2D eigenvalue weighted by Gasteiger charge is 2.30. The topological polar surface area (TPSA) is 47.9 Å². The Bertz CT molecular complexity index is 464. The number of nitrogens with zero attached hydrogens (tertiary/aromatic N) is 1. The molecule has 0 bridgehead atoms. The number of benzene rings is 1. The molecule has 21 heavy (non-hydrogen) atoms. The summed E-state index contributed by atoms with van der Waals surface area (Å²) in [4.78, 5) is 16.2. The van der Waals surface area contributed by atoms with Gasteiger partial charge in [-0.15, -0.1) is 0 Å². The van der Waals surface area contributed by atoms with E-state index in [2.05, 4.69) is 35.9 Å². The Kier molecular flexibility index (Phi) is 6.92. The van der Waals surface area contributed by atoms with Crippen LogP contribution in [0.25, 0.3) is 0 Å². The number of hydrogen-bond acceptors (Lipinski definition) is 4. The van der Waals surface area contributed by atoms with Crippen LogP contribution in [-0.4, -0.2) is 25.4 Å². The van der Waals surface area contributed by atoms with Crippen molar-refractivity contribution in [2.24, 2.45) is 10.6 Å². The van der Waals surface area contributed by atoms with Crippen molar-refractivity contribution in [3.8, 4) is 0 Å². The number of methoxy groups -OCH3 is 1. The van der Waals surface area contributed by atoms with Crippen LogP contribution < -0.4 is 0 Å². The SMILES string of the molecule is CCC(CC)(Cc1ccccc1)/C(C)=N/OCC(=O)OC. The van der Waals surface area contributed by atoms with Gasteiger partial charge in [0.05, 0.1) is 12.8 Å². The van der Waals surface area contributed by atoms with Crippen molar-refractivity contribution in [3.63, 3.8) is 0 Å². The summed E-state index contributed by atoms with van der Waals surface area (Å²) >= 11 is 0. The molecule has 1 rings (SSSR count). The van der Waals surface area contributed by atoms with E-state index in [1.807, 2.05) is 25.1 Å². The van der Waals surface area contributed by atoms with E-state index in [1.54, 1.807) is 0 Å². The average molecular weight is 291 g/mol. The lowest BCUT2D eigenvalue weighted by atomic mass is 9.73. The van der Waals surface area contributed by atoms with Gasteiger partial charge in [0.15, 0.2) is 0 Å². The van der Waals surface area contributed by atoms with Crippen LogP contribution in [0.5, 0.6) is 0 Å². The molecular weight excluding hydrogens is 266 g/mol. The largest absolute Gasteiger partial charge is 0.466 e. The predicted octanol–water partition coefficient (Wildman–Crippen LogP) is 3.60. The van der Waals surface area contributed by atoms with Gasteiger partial charge in [-0.1, -0.05) is 49.3 Å². The standard InChI is InChI=1S/C17H25NO3/c1-5-17(6-2,12-15-10-8-7-9-11-15)14(3)18-21-13-16(19)20-4/h7-11H,5-6,12-13H2,1-4H3/b18-14+. The molecule has 0 fully saturated rings. The van der Waals surface area contributed by atoms with Gasteiger partial charge in [-0.3, -0.25) is 0 Å². The van der Waals surface area contributed by atoms with Crippen molar-refractivity contribution >= 4 is 11.7 Å². The predicted molar refractivity (Wildman–Crippen MR) is 84.2 cm³/mol. The molecule has 0 aliphatic rings. The van der Waals surface area contributed by atoms with Gasteiger partial charge in [0.1, 0.15) is 0 Å². The molecule has 1 aromatic carbocycles. The normalized spacial score (nSPS) is 12.1. The minimum atomic E-state index is -0.423. The summed E-state index contributed by atoms with van der Waals surface area (Å²) in [7, 11) is 1.33. The fourth-order valence-corrected chi connectivity index (χ4v) is 2.46. The first kappa shape index (κ1) is 17.2. The van der Waals surface area contributed by atoms with E-state index >= 15 is 0 Å². The highest BCUT2D eigenvalue weighted by atomic mass is 16.6. The molecule has 116 valence electrons. The Morgan fingerprint density at radius 2 is 1.81 bits per heavy atom. The van der Waals surface area contributed by atoms with E-state index in [1.165, 1.54) is 12.7 Å². The molecular formula is C17H25NO3. The minimum Gasteiger partial charge on any atom is -0.466 e. The number of hydrogen-bond donors (Lipinski definition) is 0. The summed E-state index contributed by atoms with van der Waals surface area (Å²) < 4.78 is 4.53. The fraction of sp³-hybridized carbons (Fsp3) is 0.529. The van der Waals surface area contributed by atoms with Crippen LogP contribution in [0.3, 0.4) is 0 Å². The zero-order valence-corrected chi connectivity index (χ0v) is 13.4. The van der Waals surface area contributed by atoms with Crippen molar-refractivity contribution in [1.82, 2.24) is 0 Å². The van der Waals surface area contributed by atoms with Gasteiger partial charge in [0.25, 0.3) is 0 Å². The molecule has 0 N–H and O–H groups in total. The second kappa shape index (κ2) is 8.45. The monoisotopic (exact) mass is 291 g/mol. The van der Waals surface area contributed by atoms with Gasteiger partial charge in [-0.05, 0) is 31.7 Å². The zero-order valence-electron chi connectivity index (χ0n) is 13.4. The van der Waals surface area contributed by atoms with Crippen LogP contribution in [0.4, 0.5) is 0 Å². The maximum Gasteiger partial charge on any atom is 0.346 e. The molecule has 4 heteroatoms. The Labute approximate surface area is 127 Å². The number of ether oxygens (including phenoxy) is 1. The summed E-state index contributed by atoms with van der Waals surface area (Å²) in [6, 6.07) is 10.4. The van der Waals surface area contributed by atoms with E-state index in [-0.39, 0.29) is 12.0 Å². The third kappa shape index (κ3) is 4.88. The highest BCUT2D eigenvalue weighted by Crippen LogP contribution is 2.33. The second-order valence-corrected chi connectivity index (χ2v) is 5.18. The Morgan fingerprint density at radius 3 is 2.33 bits per heavy atom. The Morgan fingerprint density at radius 1 is 1.19 bits per heavy atom. The van der Waals surface area contributed by atoms with Crippen molar-refractivity contribution < 1.29 is 14.4 Å². The lowest BCUT2D eigenvalue weighted by molar-refractivity contribution is -0.145. The van der Waals surface area contributed by atoms with Gasteiger partial charge < -0.3 is 9.57 Å².